The van der Waals surface area contributed by atoms with Gasteiger partial charge in [0, 0.05) is 25.6 Å². The minimum atomic E-state index is -0.145. The molecular formula is C9H17N3O2. The highest BCUT2D eigenvalue weighted by atomic mass is 16.2. The van der Waals surface area contributed by atoms with Gasteiger partial charge in [-0.15, -0.1) is 0 Å². The molecule has 0 aromatic rings. The largest absolute Gasteiger partial charge is 0.354 e. The highest BCUT2D eigenvalue weighted by Crippen LogP contribution is 2.01. The van der Waals surface area contributed by atoms with E-state index in [1.165, 1.54) is 0 Å². The molecule has 1 fully saturated rings. The van der Waals surface area contributed by atoms with E-state index in [0.29, 0.717) is 19.5 Å². The fourth-order valence-corrected chi connectivity index (χ4v) is 1.42. The molecular weight excluding hydrogens is 182 g/mol. The molecule has 0 aromatic heterocycles. The Hall–Kier alpha value is -1.10. The van der Waals surface area contributed by atoms with Gasteiger partial charge in [-0.3, -0.25) is 9.59 Å². The summed E-state index contributed by atoms with van der Waals surface area (Å²) in [5, 5.41) is 2.72. The van der Waals surface area contributed by atoms with Crippen LogP contribution in [-0.2, 0) is 9.59 Å². The number of carbonyl (C=O) groups excluding carboxylic acids is 2. The van der Waals surface area contributed by atoms with Crippen molar-refractivity contribution in [2.75, 3.05) is 19.6 Å². The van der Waals surface area contributed by atoms with E-state index in [2.05, 4.69) is 5.32 Å². The Morgan fingerprint density at radius 1 is 1.71 bits per heavy atom. The lowest BCUT2D eigenvalue weighted by atomic mass is 10.2. The van der Waals surface area contributed by atoms with Crippen molar-refractivity contribution < 1.29 is 9.59 Å². The number of rotatable bonds is 2. The normalized spacial score (nSPS) is 19.9. The first kappa shape index (κ1) is 11.0. The summed E-state index contributed by atoms with van der Waals surface area (Å²) in [6.07, 6.45) is 1.13. The number of hydrogen-bond acceptors (Lipinski definition) is 3. The molecule has 0 bridgehead atoms. The van der Waals surface area contributed by atoms with Gasteiger partial charge in [-0.2, -0.15) is 0 Å². The van der Waals surface area contributed by atoms with Crippen LogP contribution in [0, 0.1) is 0 Å². The van der Waals surface area contributed by atoms with Gasteiger partial charge in [-0.25, -0.2) is 0 Å². The van der Waals surface area contributed by atoms with Gasteiger partial charge in [0.05, 0.1) is 6.54 Å². The molecule has 5 heteroatoms. The van der Waals surface area contributed by atoms with Crippen molar-refractivity contribution in [1.82, 2.24) is 10.2 Å². The molecule has 1 heterocycles. The van der Waals surface area contributed by atoms with Crippen molar-refractivity contribution in [3.63, 3.8) is 0 Å². The predicted octanol–water partition coefficient (Wildman–Crippen LogP) is -0.928. The van der Waals surface area contributed by atoms with Crippen LogP contribution < -0.4 is 11.1 Å². The lowest BCUT2D eigenvalue weighted by Gasteiger charge is -2.19. The summed E-state index contributed by atoms with van der Waals surface area (Å²) in [6.45, 7) is 3.26. The van der Waals surface area contributed by atoms with Gasteiger partial charge in [0.25, 0.3) is 0 Å². The van der Waals surface area contributed by atoms with Gasteiger partial charge in [-0.05, 0) is 13.3 Å². The summed E-state index contributed by atoms with van der Waals surface area (Å²) in [5.41, 5.74) is 5.53. The average molecular weight is 199 g/mol. The highest BCUT2D eigenvalue weighted by molar-refractivity contribution is 5.85. The molecule has 0 spiro atoms. The highest BCUT2D eigenvalue weighted by Gasteiger charge is 2.19. The molecule has 0 saturated carbocycles. The van der Waals surface area contributed by atoms with Crippen molar-refractivity contribution >= 4 is 11.8 Å². The van der Waals surface area contributed by atoms with Gasteiger partial charge in [0.2, 0.25) is 11.8 Å². The third kappa shape index (κ3) is 3.33. The molecule has 0 aromatic carbocycles. The number of nitrogens with two attached hydrogens (primary N) is 1. The van der Waals surface area contributed by atoms with Crippen molar-refractivity contribution in [3.8, 4) is 0 Å². The SMILES string of the molecule is CC(N)CC(=O)N1CCCNC(=O)C1. The van der Waals surface area contributed by atoms with Gasteiger partial charge in [-0.1, -0.05) is 0 Å². The lowest BCUT2D eigenvalue weighted by Crippen LogP contribution is -2.39. The molecule has 5 nitrogen and oxygen atoms in total. The summed E-state index contributed by atoms with van der Waals surface area (Å²) >= 11 is 0. The van der Waals surface area contributed by atoms with Crippen LogP contribution in [0.3, 0.4) is 0 Å². The van der Waals surface area contributed by atoms with Crippen LogP contribution in [0.15, 0.2) is 0 Å². The molecule has 0 radical (unpaired) electrons. The van der Waals surface area contributed by atoms with E-state index in [1.54, 1.807) is 11.8 Å². The zero-order valence-corrected chi connectivity index (χ0v) is 8.45. The molecule has 0 aliphatic carbocycles. The fourth-order valence-electron chi connectivity index (χ4n) is 1.42. The third-order valence-electron chi connectivity index (χ3n) is 2.11. The van der Waals surface area contributed by atoms with E-state index in [-0.39, 0.29) is 24.4 Å². The van der Waals surface area contributed by atoms with E-state index < -0.39 is 0 Å². The molecule has 3 N–H and O–H groups in total. The Bertz CT molecular complexity index is 228. The molecule has 1 atom stereocenters. The van der Waals surface area contributed by atoms with Crippen LogP contribution in [0.25, 0.3) is 0 Å². The lowest BCUT2D eigenvalue weighted by molar-refractivity contribution is -0.135. The summed E-state index contributed by atoms with van der Waals surface area (Å²) in [4.78, 5) is 24.3. The average Bonchev–Trinajstić information content (AvgIpc) is 2.28. The first-order valence-electron chi connectivity index (χ1n) is 4.89. The van der Waals surface area contributed by atoms with Crippen molar-refractivity contribution in [2.24, 2.45) is 5.73 Å². The predicted molar refractivity (Wildman–Crippen MR) is 52.5 cm³/mol. The second kappa shape index (κ2) is 4.95. The maximum atomic E-state index is 11.6. The van der Waals surface area contributed by atoms with Gasteiger partial charge < -0.3 is 16.0 Å². The minimum Gasteiger partial charge on any atom is -0.354 e. The fraction of sp³-hybridized carbons (Fsp3) is 0.778. The molecule has 2 amide bonds. The van der Waals surface area contributed by atoms with Gasteiger partial charge in [0.15, 0.2) is 0 Å². The number of amides is 2. The number of nitrogens with one attached hydrogen (secondary N) is 1. The first-order valence-corrected chi connectivity index (χ1v) is 4.89. The molecule has 80 valence electrons. The first-order chi connectivity index (χ1) is 6.59. The van der Waals surface area contributed by atoms with E-state index in [4.69, 9.17) is 5.73 Å². The number of carbonyl (C=O) groups is 2. The Balaban J connectivity index is 2.48. The quantitative estimate of drug-likeness (QED) is 0.603. The summed E-state index contributed by atoms with van der Waals surface area (Å²) < 4.78 is 0. The Morgan fingerprint density at radius 2 is 2.43 bits per heavy atom. The topological polar surface area (TPSA) is 75.4 Å². The molecule has 1 saturated heterocycles. The van der Waals surface area contributed by atoms with Crippen LogP contribution in [0.2, 0.25) is 0 Å². The van der Waals surface area contributed by atoms with E-state index in [0.717, 1.165) is 6.42 Å². The van der Waals surface area contributed by atoms with Crippen LogP contribution in [0.1, 0.15) is 19.8 Å². The molecule has 14 heavy (non-hydrogen) atoms. The van der Waals surface area contributed by atoms with E-state index in [1.807, 2.05) is 0 Å². The van der Waals surface area contributed by atoms with E-state index in [9.17, 15) is 9.59 Å². The van der Waals surface area contributed by atoms with Crippen LogP contribution >= 0.6 is 0 Å². The van der Waals surface area contributed by atoms with Crippen LogP contribution in [-0.4, -0.2) is 42.4 Å². The summed E-state index contributed by atoms with van der Waals surface area (Å²) in [5.74, 6) is -0.113. The Labute approximate surface area is 83.6 Å². The third-order valence-corrected chi connectivity index (χ3v) is 2.11. The molecule has 1 aliphatic heterocycles. The van der Waals surface area contributed by atoms with Crippen molar-refractivity contribution in [1.29, 1.82) is 0 Å². The van der Waals surface area contributed by atoms with Crippen molar-refractivity contribution in [2.45, 2.75) is 25.8 Å². The van der Waals surface area contributed by atoms with Crippen LogP contribution in [0.4, 0.5) is 0 Å². The molecule has 1 unspecified atom stereocenters. The Morgan fingerprint density at radius 3 is 3.07 bits per heavy atom. The van der Waals surface area contributed by atoms with Gasteiger partial charge in [0.1, 0.15) is 0 Å². The summed E-state index contributed by atoms with van der Waals surface area (Å²) in [7, 11) is 0. The molecule has 1 rings (SSSR count). The Kier molecular flexibility index (Phi) is 3.88. The zero-order valence-electron chi connectivity index (χ0n) is 8.45. The van der Waals surface area contributed by atoms with Gasteiger partial charge >= 0.3 is 0 Å². The minimum absolute atomic E-state index is 0.0305. The van der Waals surface area contributed by atoms with Crippen LogP contribution in [0.5, 0.6) is 0 Å². The maximum absolute atomic E-state index is 11.6. The second-order valence-corrected chi connectivity index (χ2v) is 3.70. The summed E-state index contributed by atoms with van der Waals surface area (Å²) in [6, 6.07) is -0.145. The maximum Gasteiger partial charge on any atom is 0.239 e. The zero-order chi connectivity index (χ0) is 10.6. The van der Waals surface area contributed by atoms with Crippen molar-refractivity contribution in [3.05, 3.63) is 0 Å². The smallest absolute Gasteiger partial charge is 0.239 e. The van der Waals surface area contributed by atoms with E-state index >= 15 is 0 Å². The molecule has 1 aliphatic rings. The number of hydrogen-bond donors (Lipinski definition) is 2. The standard InChI is InChI=1S/C9H17N3O2/c1-7(10)5-9(14)12-4-2-3-11-8(13)6-12/h7H,2-6,10H2,1H3,(H,11,13). The number of nitrogens with zero attached hydrogens (tertiary/aromatic N) is 1. The monoisotopic (exact) mass is 199 g/mol. The second-order valence-electron chi connectivity index (χ2n) is 3.70.